The van der Waals surface area contributed by atoms with E-state index < -0.39 is 5.97 Å². The first kappa shape index (κ1) is 18.7. The Balaban J connectivity index is 0. The zero-order chi connectivity index (χ0) is 14.7. The number of nitrogens with two attached hydrogens (primary N) is 1. The van der Waals surface area contributed by atoms with Crippen molar-refractivity contribution in [2.24, 2.45) is 5.73 Å². The average molecular weight is 270 g/mol. The van der Waals surface area contributed by atoms with Crippen LogP contribution in [0.15, 0.2) is 24.3 Å². The first-order valence-electron chi connectivity index (χ1n) is 5.89. The van der Waals surface area contributed by atoms with E-state index >= 15 is 0 Å². The summed E-state index contributed by atoms with van der Waals surface area (Å²) in [6, 6.07) is 6.42. The van der Waals surface area contributed by atoms with E-state index in [1.165, 1.54) is 12.1 Å². The second-order valence-corrected chi connectivity index (χ2v) is 3.17. The molecular formula is C13H22N2O2S. The molecule has 102 valence electrons. The van der Waals surface area contributed by atoms with Crippen LogP contribution in [0.4, 0.5) is 5.69 Å². The number of thiocarbonyl (C=S) groups is 1. The Kier molecular flexibility index (Phi) is 11.0. The van der Waals surface area contributed by atoms with Gasteiger partial charge in [0.2, 0.25) is 0 Å². The molecule has 0 saturated heterocycles. The monoisotopic (exact) mass is 270 g/mol. The fourth-order valence-electron chi connectivity index (χ4n) is 0.975. The van der Waals surface area contributed by atoms with Gasteiger partial charge in [0.1, 0.15) is 0 Å². The third-order valence-electron chi connectivity index (χ3n) is 1.81. The van der Waals surface area contributed by atoms with Crippen LogP contribution >= 0.6 is 12.2 Å². The van der Waals surface area contributed by atoms with Gasteiger partial charge in [-0.1, -0.05) is 33.8 Å². The lowest BCUT2D eigenvalue weighted by atomic mass is 10.2. The van der Waals surface area contributed by atoms with E-state index in [1.54, 1.807) is 24.1 Å². The minimum atomic E-state index is -0.969. The van der Waals surface area contributed by atoms with E-state index in [-0.39, 0.29) is 10.7 Å². The summed E-state index contributed by atoms with van der Waals surface area (Å²) in [6.45, 7) is 8.00. The molecule has 1 aromatic carbocycles. The zero-order valence-corrected chi connectivity index (χ0v) is 12.4. The molecule has 1 aromatic rings. The van der Waals surface area contributed by atoms with Gasteiger partial charge >= 0.3 is 5.97 Å². The number of hydrogen-bond acceptors (Lipinski definition) is 2. The lowest BCUT2D eigenvalue weighted by Gasteiger charge is -2.16. The molecule has 0 radical (unpaired) electrons. The highest BCUT2D eigenvalue weighted by Gasteiger charge is 2.07. The maximum absolute atomic E-state index is 10.7. The SMILES string of the molecule is CC.CC.CN(C(N)=S)c1cccc(C(=O)O)c1. The molecule has 0 aliphatic carbocycles. The van der Waals surface area contributed by atoms with Gasteiger partial charge in [-0.3, -0.25) is 0 Å². The van der Waals surface area contributed by atoms with Crippen LogP contribution in [-0.4, -0.2) is 23.2 Å². The van der Waals surface area contributed by atoms with E-state index in [1.807, 2.05) is 27.7 Å². The fraction of sp³-hybridized carbons (Fsp3) is 0.385. The number of carbonyl (C=O) groups is 1. The summed E-state index contributed by atoms with van der Waals surface area (Å²) in [4.78, 5) is 12.2. The van der Waals surface area contributed by atoms with E-state index in [4.69, 9.17) is 23.1 Å². The molecular weight excluding hydrogens is 248 g/mol. The van der Waals surface area contributed by atoms with Crippen molar-refractivity contribution in [3.8, 4) is 0 Å². The first-order valence-corrected chi connectivity index (χ1v) is 6.29. The maximum Gasteiger partial charge on any atom is 0.335 e. The van der Waals surface area contributed by atoms with Crippen molar-refractivity contribution in [3.05, 3.63) is 29.8 Å². The standard InChI is InChI=1S/C9H10N2O2S.2C2H6/c1-11(9(10)14)7-4-2-3-6(5-7)8(12)13;2*1-2/h2-5H,1H3,(H2,10,14)(H,12,13);2*1-2H3. The quantitative estimate of drug-likeness (QED) is 0.808. The molecule has 0 saturated carbocycles. The van der Waals surface area contributed by atoms with Crippen LogP contribution in [0.5, 0.6) is 0 Å². The third-order valence-corrected chi connectivity index (χ3v) is 2.08. The van der Waals surface area contributed by atoms with Gasteiger partial charge in [-0.2, -0.15) is 0 Å². The molecule has 5 heteroatoms. The average Bonchev–Trinajstić information content (AvgIpc) is 2.42. The summed E-state index contributed by atoms with van der Waals surface area (Å²) in [5.41, 5.74) is 6.28. The maximum atomic E-state index is 10.7. The molecule has 0 aliphatic heterocycles. The van der Waals surface area contributed by atoms with Crippen LogP contribution in [0, 0.1) is 0 Å². The lowest BCUT2D eigenvalue weighted by molar-refractivity contribution is 0.0697. The van der Waals surface area contributed by atoms with Crippen molar-refractivity contribution in [1.29, 1.82) is 0 Å². The van der Waals surface area contributed by atoms with E-state index in [2.05, 4.69) is 0 Å². The summed E-state index contributed by atoms with van der Waals surface area (Å²) >= 11 is 4.77. The van der Waals surface area contributed by atoms with Crippen LogP contribution in [0.3, 0.4) is 0 Å². The fourth-order valence-corrected chi connectivity index (χ4v) is 1.08. The van der Waals surface area contributed by atoms with Gasteiger partial charge in [-0.05, 0) is 30.4 Å². The third kappa shape index (κ3) is 6.20. The molecule has 0 fully saturated rings. The number of nitrogens with zero attached hydrogens (tertiary/aromatic N) is 1. The number of aromatic carboxylic acids is 1. The van der Waals surface area contributed by atoms with E-state index in [0.717, 1.165) is 0 Å². The summed E-state index contributed by atoms with van der Waals surface area (Å²) in [6.07, 6.45) is 0. The van der Waals surface area contributed by atoms with Crippen molar-refractivity contribution >= 4 is 29.0 Å². The first-order chi connectivity index (χ1) is 8.52. The van der Waals surface area contributed by atoms with E-state index in [9.17, 15) is 4.79 Å². The Morgan fingerprint density at radius 1 is 1.28 bits per heavy atom. The number of carboxylic acid groups (broad SMARTS) is 1. The van der Waals surface area contributed by atoms with Crippen LogP contribution in [0.25, 0.3) is 0 Å². The van der Waals surface area contributed by atoms with Gasteiger partial charge in [0.15, 0.2) is 5.11 Å². The molecule has 4 nitrogen and oxygen atoms in total. The predicted molar refractivity (Wildman–Crippen MR) is 81.3 cm³/mol. The molecule has 0 aliphatic rings. The normalized spacial score (nSPS) is 8.06. The topological polar surface area (TPSA) is 66.6 Å². The molecule has 3 N–H and O–H groups in total. The zero-order valence-electron chi connectivity index (χ0n) is 11.6. The van der Waals surface area contributed by atoms with Crippen molar-refractivity contribution in [3.63, 3.8) is 0 Å². The van der Waals surface area contributed by atoms with Crippen molar-refractivity contribution in [2.45, 2.75) is 27.7 Å². The molecule has 0 spiro atoms. The molecule has 1 rings (SSSR count). The van der Waals surface area contributed by atoms with E-state index in [0.29, 0.717) is 5.69 Å². The lowest BCUT2D eigenvalue weighted by Crippen LogP contribution is -2.31. The van der Waals surface area contributed by atoms with Crippen LogP contribution in [-0.2, 0) is 0 Å². The largest absolute Gasteiger partial charge is 0.478 e. The Morgan fingerprint density at radius 2 is 1.78 bits per heavy atom. The van der Waals surface area contributed by atoms with Crippen molar-refractivity contribution in [1.82, 2.24) is 0 Å². The minimum Gasteiger partial charge on any atom is -0.478 e. The summed E-state index contributed by atoms with van der Waals surface area (Å²) in [5.74, 6) is -0.969. The second-order valence-electron chi connectivity index (χ2n) is 2.75. The predicted octanol–water partition coefficient (Wildman–Crippen LogP) is 3.12. The van der Waals surface area contributed by atoms with Crippen LogP contribution in [0.2, 0.25) is 0 Å². The molecule has 0 atom stereocenters. The molecule has 0 amide bonds. The van der Waals surface area contributed by atoms with Crippen molar-refractivity contribution in [2.75, 3.05) is 11.9 Å². The van der Waals surface area contributed by atoms with Crippen molar-refractivity contribution < 1.29 is 9.90 Å². The number of rotatable bonds is 2. The molecule has 0 unspecified atom stereocenters. The number of anilines is 1. The smallest absolute Gasteiger partial charge is 0.335 e. The number of hydrogen-bond donors (Lipinski definition) is 2. The molecule has 0 aromatic heterocycles. The van der Waals surface area contributed by atoms with Gasteiger partial charge in [0.05, 0.1) is 5.56 Å². The molecule has 0 bridgehead atoms. The highest BCUT2D eigenvalue weighted by molar-refractivity contribution is 7.80. The van der Waals surface area contributed by atoms with Gasteiger partial charge in [-0.15, -0.1) is 0 Å². The van der Waals surface area contributed by atoms with Crippen LogP contribution in [0.1, 0.15) is 38.1 Å². The Bertz CT molecular complexity index is 381. The minimum absolute atomic E-state index is 0.201. The van der Waals surface area contributed by atoms with Gasteiger partial charge in [-0.25, -0.2) is 4.79 Å². The second kappa shape index (κ2) is 10.5. The summed E-state index contributed by atoms with van der Waals surface area (Å²) in [5, 5.41) is 8.95. The Labute approximate surface area is 114 Å². The van der Waals surface area contributed by atoms with Gasteiger partial charge in [0.25, 0.3) is 0 Å². The molecule has 18 heavy (non-hydrogen) atoms. The number of benzene rings is 1. The summed E-state index contributed by atoms with van der Waals surface area (Å²) < 4.78 is 0. The van der Waals surface area contributed by atoms with Gasteiger partial charge in [0, 0.05) is 12.7 Å². The highest BCUT2D eigenvalue weighted by atomic mass is 32.1. The molecule has 0 heterocycles. The summed E-state index contributed by atoms with van der Waals surface area (Å²) in [7, 11) is 1.68. The highest BCUT2D eigenvalue weighted by Crippen LogP contribution is 2.14. The number of carboxylic acids is 1. The van der Waals surface area contributed by atoms with Crippen LogP contribution < -0.4 is 10.6 Å². The Hall–Kier alpha value is -1.62. The Morgan fingerprint density at radius 3 is 2.17 bits per heavy atom. The van der Waals surface area contributed by atoms with Gasteiger partial charge < -0.3 is 15.7 Å².